The van der Waals surface area contributed by atoms with Crippen molar-refractivity contribution in [3.63, 3.8) is 0 Å². The molecule has 2 saturated heterocycles. The molecule has 150 valence electrons. The summed E-state index contributed by atoms with van der Waals surface area (Å²) >= 11 is 0. The standard InChI is InChI=1S/C20H22N6O3/c21-8-14-17(25-5-3-20(1-2-20)4-6-25)13-7-16(22-9-15(13)24-18(14)27)26-10-12(11-26)23-19(28)29/h7,9,12,23H,1-6,10-11H2,(H,24,27)(H,28,29). The number of aromatic amines is 1. The number of carbonyl (C=O) groups is 1. The van der Waals surface area contributed by atoms with Crippen molar-refractivity contribution >= 4 is 28.5 Å². The van der Waals surface area contributed by atoms with Gasteiger partial charge in [0.15, 0.2) is 0 Å². The fourth-order valence-electron chi connectivity index (χ4n) is 4.59. The number of fused-ring (bicyclic) bond motifs is 1. The van der Waals surface area contributed by atoms with Gasteiger partial charge in [0, 0.05) is 31.6 Å². The molecule has 0 bridgehead atoms. The monoisotopic (exact) mass is 394 g/mol. The summed E-state index contributed by atoms with van der Waals surface area (Å²) in [5, 5.41) is 21.8. The van der Waals surface area contributed by atoms with Gasteiger partial charge in [-0.2, -0.15) is 5.26 Å². The van der Waals surface area contributed by atoms with Gasteiger partial charge < -0.3 is 25.2 Å². The highest BCUT2D eigenvalue weighted by Crippen LogP contribution is 2.54. The summed E-state index contributed by atoms with van der Waals surface area (Å²) in [5.74, 6) is 0.716. The van der Waals surface area contributed by atoms with Crippen molar-refractivity contribution in [2.75, 3.05) is 36.0 Å². The van der Waals surface area contributed by atoms with Crippen LogP contribution in [0.5, 0.6) is 0 Å². The van der Waals surface area contributed by atoms with Crippen LogP contribution in [0.15, 0.2) is 17.1 Å². The van der Waals surface area contributed by atoms with Gasteiger partial charge >= 0.3 is 6.09 Å². The first-order valence-electron chi connectivity index (χ1n) is 9.93. The number of rotatable bonds is 3. The van der Waals surface area contributed by atoms with Gasteiger partial charge in [0.1, 0.15) is 17.5 Å². The number of aromatic nitrogens is 2. The zero-order valence-corrected chi connectivity index (χ0v) is 15.9. The molecule has 29 heavy (non-hydrogen) atoms. The maximum absolute atomic E-state index is 12.5. The van der Waals surface area contributed by atoms with Crippen LogP contribution in [0.3, 0.4) is 0 Å². The number of piperidine rings is 1. The van der Waals surface area contributed by atoms with Gasteiger partial charge in [0.2, 0.25) is 0 Å². The lowest BCUT2D eigenvalue weighted by molar-refractivity contribution is 0.187. The van der Waals surface area contributed by atoms with Gasteiger partial charge in [-0.15, -0.1) is 0 Å². The highest BCUT2D eigenvalue weighted by Gasteiger charge is 2.45. The molecular weight excluding hydrogens is 372 g/mol. The second-order valence-corrected chi connectivity index (χ2v) is 8.42. The molecule has 2 aromatic rings. The van der Waals surface area contributed by atoms with E-state index in [1.165, 1.54) is 12.8 Å². The van der Waals surface area contributed by atoms with Crippen molar-refractivity contribution in [3.05, 3.63) is 28.2 Å². The Kier molecular flexibility index (Phi) is 3.91. The Labute approximate surface area is 166 Å². The van der Waals surface area contributed by atoms with E-state index in [0.29, 0.717) is 35.5 Å². The Morgan fingerprint density at radius 3 is 2.62 bits per heavy atom. The van der Waals surface area contributed by atoms with Crippen molar-refractivity contribution in [1.82, 2.24) is 15.3 Å². The van der Waals surface area contributed by atoms with Gasteiger partial charge in [-0.3, -0.25) is 4.79 Å². The van der Waals surface area contributed by atoms with E-state index in [1.54, 1.807) is 6.20 Å². The zero-order valence-electron chi connectivity index (χ0n) is 15.9. The van der Waals surface area contributed by atoms with E-state index < -0.39 is 6.09 Å². The number of H-pyrrole nitrogens is 1. The third-order valence-electron chi connectivity index (χ3n) is 6.60. The summed E-state index contributed by atoms with van der Waals surface area (Å²) in [7, 11) is 0. The van der Waals surface area contributed by atoms with Crippen LogP contribution in [0.2, 0.25) is 0 Å². The van der Waals surface area contributed by atoms with Crippen LogP contribution >= 0.6 is 0 Å². The minimum atomic E-state index is -1.03. The molecule has 9 nitrogen and oxygen atoms in total. The fraction of sp³-hybridized carbons (Fsp3) is 0.500. The van der Waals surface area contributed by atoms with Crippen molar-refractivity contribution in [3.8, 4) is 6.07 Å². The summed E-state index contributed by atoms with van der Waals surface area (Å²) in [6.07, 6.45) is 5.37. The van der Waals surface area contributed by atoms with E-state index >= 15 is 0 Å². The fourth-order valence-corrected chi connectivity index (χ4v) is 4.59. The molecule has 9 heteroatoms. The number of carboxylic acid groups (broad SMARTS) is 1. The molecule has 1 spiro atoms. The number of pyridine rings is 2. The Bertz CT molecular complexity index is 1080. The maximum Gasteiger partial charge on any atom is 0.405 e. The summed E-state index contributed by atoms with van der Waals surface area (Å²) in [4.78, 5) is 34.6. The molecule has 2 aliphatic heterocycles. The third-order valence-corrected chi connectivity index (χ3v) is 6.60. The predicted molar refractivity (Wildman–Crippen MR) is 107 cm³/mol. The summed E-state index contributed by atoms with van der Waals surface area (Å²) < 4.78 is 0. The number of nitrogens with zero attached hydrogens (tertiary/aromatic N) is 4. The number of nitrogens with one attached hydrogen (secondary N) is 2. The second kappa shape index (κ2) is 6.37. The molecule has 0 aromatic carbocycles. The lowest BCUT2D eigenvalue weighted by Crippen LogP contribution is -2.59. The number of anilines is 2. The summed E-state index contributed by atoms with van der Waals surface area (Å²) in [6, 6.07) is 3.88. The van der Waals surface area contributed by atoms with E-state index in [1.807, 2.05) is 11.0 Å². The van der Waals surface area contributed by atoms with Gasteiger partial charge in [-0.25, -0.2) is 9.78 Å². The first-order chi connectivity index (χ1) is 14.0. The highest BCUT2D eigenvalue weighted by molar-refractivity contribution is 5.95. The first-order valence-corrected chi connectivity index (χ1v) is 9.93. The lowest BCUT2D eigenvalue weighted by atomic mass is 9.92. The lowest BCUT2D eigenvalue weighted by Gasteiger charge is -2.40. The van der Waals surface area contributed by atoms with E-state index in [9.17, 15) is 14.9 Å². The van der Waals surface area contributed by atoms with Gasteiger partial charge in [0.05, 0.1) is 23.4 Å². The topological polar surface area (TPSA) is 125 Å². The molecule has 3 aliphatic rings. The molecule has 0 unspecified atom stereocenters. The molecule has 1 amide bonds. The largest absolute Gasteiger partial charge is 0.465 e. The van der Waals surface area contributed by atoms with Crippen LogP contribution in [0.25, 0.3) is 10.9 Å². The van der Waals surface area contributed by atoms with Crippen LogP contribution in [-0.4, -0.2) is 53.4 Å². The van der Waals surface area contributed by atoms with Crippen molar-refractivity contribution in [2.24, 2.45) is 5.41 Å². The minimum Gasteiger partial charge on any atom is -0.465 e. The first kappa shape index (κ1) is 17.8. The van der Waals surface area contributed by atoms with Gasteiger partial charge in [0.25, 0.3) is 5.56 Å². The van der Waals surface area contributed by atoms with Crippen molar-refractivity contribution in [1.29, 1.82) is 5.26 Å². The highest BCUT2D eigenvalue weighted by atomic mass is 16.4. The Morgan fingerprint density at radius 2 is 2.00 bits per heavy atom. The summed E-state index contributed by atoms with van der Waals surface area (Å²) in [5.41, 5.74) is 1.57. The average molecular weight is 394 g/mol. The molecule has 3 fully saturated rings. The quantitative estimate of drug-likeness (QED) is 0.722. The van der Waals surface area contributed by atoms with Crippen LogP contribution in [0.4, 0.5) is 16.3 Å². The molecule has 4 heterocycles. The smallest absolute Gasteiger partial charge is 0.405 e. The molecule has 0 atom stereocenters. The zero-order chi connectivity index (χ0) is 20.2. The molecule has 2 aromatic heterocycles. The molecule has 5 rings (SSSR count). The maximum atomic E-state index is 12.5. The van der Waals surface area contributed by atoms with E-state index in [4.69, 9.17) is 5.11 Å². The third kappa shape index (κ3) is 3.05. The Balaban J connectivity index is 1.50. The van der Waals surface area contributed by atoms with Gasteiger partial charge in [-0.05, 0) is 37.2 Å². The van der Waals surface area contributed by atoms with E-state index in [0.717, 1.165) is 31.3 Å². The SMILES string of the molecule is N#Cc1c(N2CCC3(CC2)CC3)c2cc(N3CC(NC(=O)O)C3)ncc2[nH]c1=O. The number of amides is 1. The van der Waals surface area contributed by atoms with Crippen molar-refractivity contribution < 1.29 is 9.90 Å². The Hall–Kier alpha value is -3.28. The Morgan fingerprint density at radius 1 is 1.28 bits per heavy atom. The molecule has 1 aliphatic carbocycles. The molecular formula is C20H22N6O3. The van der Waals surface area contributed by atoms with Crippen molar-refractivity contribution in [2.45, 2.75) is 31.7 Å². The van der Waals surface area contributed by atoms with E-state index in [-0.39, 0.29) is 17.2 Å². The van der Waals surface area contributed by atoms with Crippen LogP contribution in [0, 0.1) is 16.7 Å². The van der Waals surface area contributed by atoms with Crippen LogP contribution in [-0.2, 0) is 0 Å². The predicted octanol–water partition coefficient (Wildman–Crippen LogP) is 1.63. The van der Waals surface area contributed by atoms with Crippen LogP contribution in [0.1, 0.15) is 31.2 Å². The average Bonchev–Trinajstić information content (AvgIpc) is 3.43. The molecule has 1 saturated carbocycles. The van der Waals surface area contributed by atoms with E-state index in [2.05, 4.69) is 26.3 Å². The second-order valence-electron chi connectivity index (χ2n) is 8.42. The number of hydrogen-bond donors (Lipinski definition) is 3. The number of nitriles is 1. The normalized spacial score (nSPS) is 20.4. The van der Waals surface area contributed by atoms with Gasteiger partial charge in [-0.1, -0.05) is 0 Å². The summed E-state index contributed by atoms with van der Waals surface area (Å²) in [6.45, 7) is 2.78. The minimum absolute atomic E-state index is 0.119. The molecule has 3 N–H and O–H groups in total. The molecule has 0 radical (unpaired) electrons. The number of hydrogen-bond acceptors (Lipinski definition) is 6. The van der Waals surface area contributed by atoms with Crippen LogP contribution < -0.4 is 20.7 Å².